The number of benzene rings is 4. The van der Waals surface area contributed by atoms with Crippen LogP contribution < -0.4 is 14.8 Å². The molecule has 1 aliphatic rings. The summed E-state index contributed by atoms with van der Waals surface area (Å²) in [7, 11) is 0. The first-order valence-corrected chi connectivity index (χ1v) is 13.6. The van der Waals surface area contributed by atoms with Gasteiger partial charge in [0.05, 0.1) is 10.7 Å². The minimum atomic E-state index is -0.197. The Balaban J connectivity index is 1.20. The number of nitrogens with one attached hydrogen (secondary N) is 1. The Labute approximate surface area is 234 Å². The number of hydrogen-bond donors (Lipinski definition) is 1. The number of thioether (sulfide) groups is 1. The first-order valence-electron chi connectivity index (χ1n) is 12.3. The number of nitrogens with zero attached hydrogens (tertiary/aromatic N) is 3. The van der Waals surface area contributed by atoms with E-state index in [-0.39, 0.29) is 12.7 Å². The van der Waals surface area contributed by atoms with E-state index < -0.39 is 0 Å². The van der Waals surface area contributed by atoms with Crippen LogP contribution >= 0.6 is 23.4 Å². The molecular weight excluding hydrogens is 532 g/mol. The summed E-state index contributed by atoms with van der Waals surface area (Å²) in [5.74, 6) is 2.43. The Hall–Kier alpha value is -4.27. The van der Waals surface area contributed by atoms with E-state index in [1.807, 2.05) is 65.2 Å². The molecule has 194 valence electrons. The van der Waals surface area contributed by atoms with Gasteiger partial charge >= 0.3 is 0 Å². The van der Waals surface area contributed by atoms with Crippen molar-refractivity contribution in [3.8, 4) is 28.6 Å². The highest BCUT2D eigenvalue weighted by molar-refractivity contribution is 7.98. The lowest BCUT2D eigenvalue weighted by Crippen LogP contribution is -2.11. The highest BCUT2D eigenvalue weighted by Gasteiger charge is 2.19. The zero-order valence-electron chi connectivity index (χ0n) is 20.9. The minimum Gasteiger partial charge on any atom is -0.454 e. The van der Waals surface area contributed by atoms with Crippen molar-refractivity contribution < 1.29 is 14.3 Å². The molecule has 0 saturated carbocycles. The van der Waals surface area contributed by atoms with E-state index >= 15 is 0 Å². The average Bonchev–Trinajstić information content (AvgIpc) is 3.59. The molecule has 1 N–H and O–H groups in total. The van der Waals surface area contributed by atoms with Crippen molar-refractivity contribution in [3.63, 3.8) is 0 Å². The summed E-state index contributed by atoms with van der Waals surface area (Å²) in [5, 5.41) is 13.3. The number of para-hydroxylation sites is 1. The number of halogens is 1. The van der Waals surface area contributed by atoms with Gasteiger partial charge in [-0.15, -0.1) is 10.2 Å². The molecule has 6 rings (SSSR count). The third kappa shape index (κ3) is 5.21. The molecule has 0 spiro atoms. The number of ether oxygens (including phenoxy) is 2. The fourth-order valence-corrected chi connectivity index (χ4v) is 5.41. The quantitative estimate of drug-likeness (QED) is 0.215. The van der Waals surface area contributed by atoms with Crippen LogP contribution in [0.2, 0.25) is 5.02 Å². The highest BCUT2D eigenvalue weighted by atomic mass is 35.5. The molecule has 7 nitrogen and oxygen atoms in total. The van der Waals surface area contributed by atoms with Gasteiger partial charge < -0.3 is 14.8 Å². The smallest absolute Gasteiger partial charge is 0.255 e. The van der Waals surface area contributed by atoms with Gasteiger partial charge in [-0.2, -0.15) is 0 Å². The monoisotopic (exact) mass is 554 g/mol. The summed E-state index contributed by atoms with van der Waals surface area (Å²) in [6.45, 7) is 2.25. The van der Waals surface area contributed by atoms with Crippen LogP contribution in [0.25, 0.3) is 17.1 Å². The van der Waals surface area contributed by atoms with E-state index in [1.165, 1.54) is 0 Å². The van der Waals surface area contributed by atoms with Gasteiger partial charge in [0.2, 0.25) is 6.79 Å². The lowest BCUT2D eigenvalue weighted by molar-refractivity contribution is 0.102. The van der Waals surface area contributed by atoms with Gasteiger partial charge in [0, 0.05) is 28.6 Å². The fourth-order valence-electron chi connectivity index (χ4n) is 4.29. The zero-order chi connectivity index (χ0) is 26.8. The summed E-state index contributed by atoms with van der Waals surface area (Å²) >= 11 is 8.10. The van der Waals surface area contributed by atoms with Crippen LogP contribution in [0.15, 0.2) is 96.2 Å². The fraction of sp³-hybridized carbons (Fsp3) is 0.100. The molecular formula is C30H23ClN4O3S. The molecule has 1 aliphatic heterocycles. The van der Waals surface area contributed by atoms with E-state index in [2.05, 4.69) is 34.6 Å². The van der Waals surface area contributed by atoms with Gasteiger partial charge in [-0.3, -0.25) is 9.36 Å². The van der Waals surface area contributed by atoms with Crippen LogP contribution in [0.1, 0.15) is 21.5 Å². The molecule has 0 atom stereocenters. The van der Waals surface area contributed by atoms with Crippen molar-refractivity contribution in [1.29, 1.82) is 0 Å². The largest absolute Gasteiger partial charge is 0.454 e. The normalized spacial score (nSPS) is 11.9. The van der Waals surface area contributed by atoms with Crippen molar-refractivity contribution in [1.82, 2.24) is 14.8 Å². The maximum atomic E-state index is 12.8. The summed E-state index contributed by atoms with van der Waals surface area (Å²) in [4.78, 5) is 12.8. The minimum absolute atomic E-state index is 0.189. The van der Waals surface area contributed by atoms with E-state index in [9.17, 15) is 4.79 Å². The van der Waals surface area contributed by atoms with Crippen molar-refractivity contribution in [2.24, 2.45) is 0 Å². The number of carbonyl (C=O) groups excluding carboxylic acids is 1. The van der Waals surface area contributed by atoms with Gasteiger partial charge in [-0.05, 0) is 60.5 Å². The number of fused-ring (bicyclic) bond motifs is 1. The van der Waals surface area contributed by atoms with Crippen LogP contribution in [0, 0.1) is 6.92 Å². The summed E-state index contributed by atoms with van der Waals surface area (Å²) in [5.41, 5.74) is 5.18. The van der Waals surface area contributed by atoms with Crippen molar-refractivity contribution in [2.75, 3.05) is 12.1 Å². The zero-order valence-corrected chi connectivity index (χ0v) is 22.5. The lowest BCUT2D eigenvalue weighted by Gasteiger charge is -2.13. The predicted octanol–water partition coefficient (Wildman–Crippen LogP) is 7.17. The number of hydrogen-bond acceptors (Lipinski definition) is 6. The molecule has 9 heteroatoms. The van der Waals surface area contributed by atoms with Gasteiger partial charge in [0.25, 0.3) is 5.91 Å². The number of rotatable bonds is 7. The number of amides is 1. The predicted molar refractivity (Wildman–Crippen MR) is 153 cm³/mol. The second kappa shape index (κ2) is 10.8. The third-order valence-electron chi connectivity index (χ3n) is 6.32. The highest BCUT2D eigenvalue weighted by Crippen LogP contribution is 2.35. The van der Waals surface area contributed by atoms with Crippen LogP contribution in [0.5, 0.6) is 11.5 Å². The number of anilines is 1. The number of aryl methyl sites for hydroxylation is 1. The Morgan fingerprint density at radius 3 is 2.54 bits per heavy atom. The Morgan fingerprint density at radius 1 is 0.949 bits per heavy atom. The van der Waals surface area contributed by atoms with E-state index in [1.54, 1.807) is 30.0 Å². The first-order chi connectivity index (χ1) is 19.1. The third-order valence-corrected chi connectivity index (χ3v) is 7.65. The van der Waals surface area contributed by atoms with Gasteiger partial charge in [0.1, 0.15) is 0 Å². The molecule has 0 fully saturated rings. The molecule has 0 bridgehead atoms. The van der Waals surface area contributed by atoms with Crippen LogP contribution in [-0.4, -0.2) is 27.5 Å². The number of aromatic nitrogens is 3. The number of carbonyl (C=O) groups is 1. The van der Waals surface area contributed by atoms with Crippen molar-refractivity contribution in [3.05, 3.63) is 113 Å². The van der Waals surface area contributed by atoms with E-state index in [0.717, 1.165) is 27.5 Å². The topological polar surface area (TPSA) is 78.3 Å². The SMILES string of the molecule is Cc1ccccc1-n1c(SCc2ccc(C(=O)Nc3ccc4c(c3)OCO4)cc2)nnc1-c1ccccc1Cl. The lowest BCUT2D eigenvalue weighted by atomic mass is 10.1. The molecule has 5 aromatic rings. The molecule has 1 amide bonds. The Kier molecular flexibility index (Phi) is 6.96. The molecule has 39 heavy (non-hydrogen) atoms. The summed E-state index contributed by atoms with van der Waals surface area (Å²) < 4.78 is 12.8. The van der Waals surface area contributed by atoms with Crippen LogP contribution in [0.4, 0.5) is 5.69 Å². The average molecular weight is 555 g/mol. The first kappa shape index (κ1) is 25.0. The molecule has 0 saturated heterocycles. The van der Waals surface area contributed by atoms with Crippen LogP contribution in [-0.2, 0) is 5.75 Å². The van der Waals surface area contributed by atoms with Gasteiger partial charge in [-0.25, -0.2) is 0 Å². The standard InChI is InChI=1S/C30H23ClN4O3S/c1-19-6-2-5-9-25(19)35-28(23-7-3-4-8-24(23)31)33-34-30(35)39-17-20-10-12-21(13-11-20)29(36)32-22-14-15-26-27(16-22)38-18-37-26/h2-16H,17-18H2,1H3,(H,32,36). The summed E-state index contributed by atoms with van der Waals surface area (Å²) in [6, 6.07) is 28.6. The van der Waals surface area contributed by atoms with Crippen molar-refractivity contribution >= 4 is 35.0 Å². The molecule has 0 unspecified atom stereocenters. The van der Waals surface area contributed by atoms with E-state index in [4.69, 9.17) is 21.1 Å². The van der Waals surface area contributed by atoms with Crippen molar-refractivity contribution in [2.45, 2.75) is 17.8 Å². The maximum absolute atomic E-state index is 12.8. The van der Waals surface area contributed by atoms with Gasteiger partial charge in [0.15, 0.2) is 22.5 Å². The van der Waals surface area contributed by atoms with Crippen LogP contribution in [0.3, 0.4) is 0 Å². The molecule has 0 aliphatic carbocycles. The second-order valence-corrected chi connectivity index (χ2v) is 10.3. The Morgan fingerprint density at radius 2 is 1.72 bits per heavy atom. The molecule has 2 heterocycles. The Bertz CT molecular complexity index is 1670. The summed E-state index contributed by atoms with van der Waals surface area (Å²) in [6.07, 6.45) is 0. The molecule has 4 aromatic carbocycles. The maximum Gasteiger partial charge on any atom is 0.255 e. The molecule has 1 aromatic heterocycles. The van der Waals surface area contributed by atoms with Gasteiger partial charge in [-0.1, -0.05) is 65.8 Å². The molecule has 0 radical (unpaired) electrons. The van der Waals surface area contributed by atoms with E-state index in [0.29, 0.717) is 39.3 Å². The second-order valence-electron chi connectivity index (χ2n) is 8.92.